The number of H-pyrrole nitrogens is 1. The standard InChI is InChI=1S/C14H18ClN3O.C9H8ClNOS/c1-3-10-6-11(15)7-12-13(10)19-14(17-12)18-5-4-16-8-9(18)2;1-2-5-3-6(10)4-7-8(5)12-9(13)11-7/h6-7,9,16H,3-5,8H2,1-2H3;3-4H,2H2,1H3,(H,11,13)/t9-;/m1./s1. The van der Waals surface area contributed by atoms with E-state index in [1.54, 1.807) is 0 Å². The van der Waals surface area contributed by atoms with E-state index < -0.39 is 0 Å². The summed E-state index contributed by atoms with van der Waals surface area (Å²) in [5.74, 6) is 0. The van der Waals surface area contributed by atoms with Crippen molar-refractivity contribution >= 4 is 63.6 Å². The number of oxazole rings is 2. The molecule has 0 bridgehead atoms. The van der Waals surface area contributed by atoms with Gasteiger partial charge in [-0.3, -0.25) is 0 Å². The van der Waals surface area contributed by atoms with Crippen LogP contribution < -0.4 is 10.2 Å². The number of nitrogens with one attached hydrogen (secondary N) is 2. The molecule has 2 aromatic heterocycles. The molecule has 6 nitrogen and oxygen atoms in total. The topological polar surface area (TPSA) is 70.2 Å². The number of fused-ring (bicyclic) bond motifs is 2. The highest BCUT2D eigenvalue weighted by molar-refractivity contribution is 7.71. The smallest absolute Gasteiger partial charge is 0.298 e. The monoisotopic (exact) mass is 492 g/mol. The van der Waals surface area contributed by atoms with Gasteiger partial charge in [-0.1, -0.05) is 37.0 Å². The van der Waals surface area contributed by atoms with Crippen molar-refractivity contribution in [2.24, 2.45) is 0 Å². The first kappa shape index (κ1) is 23.1. The third-order valence-corrected chi connectivity index (χ3v) is 6.21. The van der Waals surface area contributed by atoms with E-state index in [0.717, 1.165) is 70.8 Å². The van der Waals surface area contributed by atoms with Crippen LogP contribution in [0, 0.1) is 4.84 Å². The fourth-order valence-corrected chi connectivity index (χ4v) is 4.59. The predicted molar refractivity (Wildman–Crippen MR) is 134 cm³/mol. The summed E-state index contributed by atoms with van der Waals surface area (Å²) in [6, 6.07) is 8.64. The Morgan fingerprint density at radius 3 is 2.44 bits per heavy atom. The molecule has 9 heteroatoms. The van der Waals surface area contributed by atoms with Crippen LogP contribution >= 0.6 is 35.4 Å². The largest absolute Gasteiger partial charge is 0.429 e. The van der Waals surface area contributed by atoms with Gasteiger partial charge < -0.3 is 24.0 Å². The SMILES string of the molecule is CCc1cc(Cl)cc2[nH]c(=S)oc12.CCc1cc(Cl)cc2nc(N3CCNC[C@H]3C)oc12. The second kappa shape index (κ2) is 9.83. The number of aromatic amines is 1. The van der Waals surface area contributed by atoms with Gasteiger partial charge in [0.15, 0.2) is 11.2 Å². The van der Waals surface area contributed by atoms with Crippen molar-refractivity contribution in [2.75, 3.05) is 24.5 Å². The molecule has 5 rings (SSSR count). The second-order valence-corrected chi connectivity index (χ2v) is 9.06. The molecule has 1 aliphatic heterocycles. The van der Waals surface area contributed by atoms with Gasteiger partial charge in [-0.05, 0) is 67.4 Å². The number of anilines is 1. The lowest BCUT2D eigenvalue weighted by molar-refractivity contribution is 0.455. The third-order valence-electron chi connectivity index (χ3n) is 5.59. The Morgan fingerprint density at radius 2 is 1.75 bits per heavy atom. The van der Waals surface area contributed by atoms with Crippen LogP contribution in [-0.2, 0) is 12.8 Å². The minimum absolute atomic E-state index is 0.391. The Morgan fingerprint density at radius 1 is 1.06 bits per heavy atom. The summed E-state index contributed by atoms with van der Waals surface area (Å²) >= 11 is 16.9. The molecule has 0 unspecified atom stereocenters. The summed E-state index contributed by atoms with van der Waals surface area (Å²) in [5.41, 5.74) is 5.60. The van der Waals surface area contributed by atoms with Gasteiger partial charge in [0.05, 0.1) is 5.52 Å². The number of hydrogen-bond donors (Lipinski definition) is 2. The van der Waals surface area contributed by atoms with Gasteiger partial charge in [0.25, 0.3) is 10.9 Å². The zero-order valence-corrected chi connectivity index (χ0v) is 20.6. The van der Waals surface area contributed by atoms with Crippen LogP contribution in [-0.4, -0.2) is 35.6 Å². The van der Waals surface area contributed by atoms with E-state index in [4.69, 9.17) is 44.3 Å². The van der Waals surface area contributed by atoms with Crippen LogP contribution in [0.1, 0.15) is 31.9 Å². The Kier molecular flexibility index (Phi) is 7.10. The molecule has 0 spiro atoms. The lowest BCUT2D eigenvalue weighted by atomic mass is 10.1. The number of piperazine rings is 1. The van der Waals surface area contributed by atoms with Crippen molar-refractivity contribution in [3.05, 3.63) is 50.3 Å². The van der Waals surface area contributed by atoms with E-state index in [2.05, 4.69) is 41.0 Å². The van der Waals surface area contributed by atoms with E-state index >= 15 is 0 Å². The first-order valence-corrected chi connectivity index (χ1v) is 11.9. The molecule has 0 amide bonds. The summed E-state index contributed by atoms with van der Waals surface area (Å²) in [6.07, 6.45) is 1.77. The summed E-state index contributed by atoms with van der Waals surface area (Å²) < 4.78 is 11.3. The summed E-state index contributed by atoms with van der Waals surface area (Å²) in [6.45, 7) is 9.17. The fraction of sp³-hybridized carbons (Fsp3) is 0.391. The van der Waals surface area contributed by atoms with E-state index in [1.165, 1.54) is 0 Å². The quantitative estimate of drug-likeness (QED) is 0.316. The first-order chi connectivity index (χ1) is 15.4. The highest BCUT2D eigenvalue weighted by Crippen LogP contribution is 2.29. The highest BCUT2D eigenvalue weighted by atomic mass is 35.5. The van der Waals surface area contributed by atoms with Crippen LogP contribution in [0.3, 0.4) is 0 Å². The minimum atomic E-state index is 0.391. The van der Waals surface area contributed by atoms with E-state index in [1.807, 2.05) is 24.3 Å². The van der Waals surface area contributed by atoms with E-state index in [9.17, 15) is 0 Å². The maximum atomic E-state index is 6.12. The molecule has 2 N–H and O–H groups in total. The van der Waals surface area contributed by atoms with Gasteiger partial charge in [0.2, 0.25) is 0 Å². The Balaban J connectivity index is 0.000000165. The van der Waals surface area contributed by atoms with Crippen LogP contribution in [0.5, 0.6) is 0 Å². The third kappa shape index (κ3) is 4.81. The van der Waals surface area contributed by atoms with Crippen molar-refractivity contribution in [1.29, 1.82) is 0 Å². The van der Waals surface area contributed by atoms with Crippen molar-refractivity contribution in [1.82, 2.24) is 15.3 Å². The normalized spacial score (nSPS) is 16.4. The first-order valence-electron chi connectivity index (χ1n) is 10.8. The van der Waals surface area contributed by atoms with Gasteiger partial charge in [0.1, 0.15) is 5.52 Å². The molecule has 1 aliphatic rings. The molecule has 0 saturated carbocycles. The summed E-state index contributed by atoms with van der Waals surface area (Å²) in [4.78, 5) is 10.1. The van der Waals surface area contributed by atoms with E-state index in [-0.39, 0.29) is 0 Å². The van der Waals surface area contributed by atoms with Gasteiger partial charge in [0, 0.05) is 35.7 Å². The van der Waals surface area contributed by atoms with Crippen molar-refractivity contribution in [3.8, 4) is 0 Å². The summed E-state index contributed by atoms with van der Waals surface area (Å²) in [7, 11) is 0. The zero-order chi connectivity index (χ0) is 22.8. The number of aromatic nitrogens is 2. The fourth-order valence-electron chi connectivity index (χ4n) is 3.92. The number of nitrogens with zero attached hydrogens (tertiary/aromatic N) is 2. The maximum absolute atomic E-state index is 6.12. The molecule has 2 aromatic carbocycles. The van der Waals surface area contributed by atoms with Crippen LogP contribution in [0.25, 0.3) is 22.2 Å². The Bertz CT molecular complexity index is 1300. The zero-order valence-electron chi connectivity index (χ0n) is 18.3. The Hall–Kier alpha value is -2.06. The van der Waals surface area contributed by atoms with Crippen LogP contribution in [0.2, 0.25) is 10.0 Å². The van der Waals surface area contributed by atoms with Crippen molar-refractivity contribution < 1.29 is 8.83 Å². The van der Waals surface area contributed by atoms with Crippen molar-refractivity contribution in [2.45, 2.75) is 39.7 Å². The van der Waals surface area contributed by atoms with Gasteiger partial charge in [-0.2, -0.15) is 4.98 Å². The number of hydrogen-bond acceptors (Lipinski definition) is 6. The molecular formula is C23H26Cl2N4O2S. The number of aryl methyl sites for hydroxylation is 2. The number of halogens is 2. The molecule has 1 saturated heterocycles. The molecule has 1 atom stereocenters. The lowest BCUT2D eigenvalue weighted by Crippen LogP contribution is -2.50. The highest BCUT2D eigenvalue weighted by Gasteiger charge is 2.23. The average Bonchev–Trinajstić information content (AvgIpc) is 3.35. The maximum Gasteiger partial charge on any atom is 0.298 e. The van der Waals surface area contributed by atoms with Crippen LogP contribution in [0.15, 0.2) is 33.1 Å². The minimum Gasteiger partial charge on any atom is -0.429 e. The predicted octanol–water partition coefficient (Wildman–Crippen LogP) is 6.55. The van der Waals surface area contributed by atoms with Crippen molar-refractivity contribution in [3.63, 3.8) is 0 Å². The average molecular weight is 493 g/mol. The molecule has 0 aliphatic carbocycles. The molecular weight excluding hydrogens is 467 g/mol. The molecule has 32 heavy (non-hydrogen) atoms. The second-order valence-electron chi connectivity index (χ2n) is 7.82. The molecule has 3 heterocycles. The Labute approximate surface area is 201 Å². The molecule has 4 aromatic rings. The molecule has 170 valence electrons. The lowest BCUT2D eigenvalue weighted by Gasteiger charge is -2.32. The van der Waals surface area contributed by atoms with Gasteiger partial charge in [-0.15, -0.1) is 0 Å². The van der Waals surface area contributed by atoms with Gasteiger partial charge in [-0.25, -0.2) is 0 Å². The summed E-state index contributed by atoms with van der Waals surface area (Å²) in [5, 5.41) is 4.79. The van der Waals surface area contributed by atoms with E-state index in [0.29, 0.717) is 21.9 Å². The number of rotatable bonds is 3. The molecule has 0 radical (unpaired) electrons. The molecule has 1 fully saturated rings. The van der Waals surface area contributed by atoms with Crippen LogP contribution in [0.4, 0.5) is 6.01 Å². The number of benzene rings is 2. The van der Waals surface area contributed by atoms with Gasteiger partial charge >= 0.3 is 0 Å².